The lowest BCUT2D eigenvalue weighted by atomic mass is 10.1. The Morgan fingerprint density at radius 1 is 1.15 bits per heavy atom. The summed E-state index contributed by atoms with van der Waals surface area (Å²) < 4.78 is 5.72. The largest absolute Gasteiger partial charge is 0.441 e. The van der Waals surface area contributed by atoms with Crippen molar-refractivity contribution in [1.82, 2.24) is 10.3 Å². The highest BCUT2D eigenvalue weighted by atomic mass is 35.5. The number of oxazole rings is 1. The van der Waals surface area contributed by atoms with Crippen molar-refractivity contribution in [3.8, 4) is 11.3 Å². The number of carbonyl (C=O) groups excluding carboxylic acids is 1. The van der Waals surface area contributed by atoms with E-state index in [9.17, 15) is 4.79 Å². The Bertz CT molecular complexity index is 894. The van der Waals surface area contributed by atoms with Crippen LogP contribution in [0.5, 0.6) is 0 Å². The molecule has 6 heteroatoms. The van der Waals surface area contributed by atoms with Crippen LogP contribution in [0.1, 0.15) is 30.8 Å². The maximum absolute atomic E-state index is 12.2. The van der Waals surface area contributed by atoms with E-state index in [1.54, 1.807) is 18.3 Å². The second-order valence-electron chi connectivity index (χ2n) is 5.95. The van der Waals surface area contributed by atoms with Gasteiger partial charge in [-0.2, -0.15) is 0 Å². The smallest absolute Gasteiger partial charge is 0.220 e. The zero-order valence-electron chi connectivity index (χ0n) is 14.2. The molecule has 134 valence electrons. The molecule has 0 saturated heterocycles. The first-order chi connectivity index (χ1) is 12.5. The number of halogens is 2. The number of benzene rings is 2. The molecule has 1 amide bonds. The SMILES string of the molecule is CC(NC(=O)CCc1ncc(-c2ccccc2)o1)c1ccc(Cl)c(Cl)c1. The summed E-state index contributed by atoms with van der Waals surface area (Å²) in [6, 6.07) is 14.9. The highest BCUT2D eigenvalue weighted by Gasteiger charge is 2.13. The molecule has 1 N–H and O–H groups in total. The predicted molar refractivity (Wildman–Crippen MR) is 103 cm³/mol. The maximum atomic E-state index is 12.2. The van der Waals surface area contributed by atoms with E-state index >= 15 is 0 Å². The lowest BCUT2D eigenvalue weighted by Crippen LogP contribution is -2.26. The van der Waals surface area contributed by atoms with Gasteiger partial charge >= 0.3 is 0 Å². The Labute approximate surface area is 162 Å². The summed E-state index contributed by atoms with van der Waals surface area (Å²) in [6.45, 7) is 1.90. The molecule has 0 spiro atoms. The first-order valence-electron chi connectivity index (χ1n) is 8.27. The van der Waals surface area contributed by atoms with Crippen molar-refractivity contribution in [2.75, 3.05) is 0 Å². The molecule has 0 aliphatic heterocycles. The van der Waals surface area contributed by atoms with Crippen LogP contribution >= 0.6 is 23.2 Å². The van der Waals surface area contributed by atoms with Gasteiger partial charge in [-0.05, 0) is 24.6 Å². The fourth-order valence-corrected chi connectivity index (χ4v) is 2.87. The quantitative estimate of drug-likeness (QED) is 0.609. The summed E-state index contributed by atoms with van der Waals surface area (Å²) in [5, 5.41) is 3.90. The topological polar surface area (TPSA) is 55.1 Å². The fraction of sp³-hybridized carbons (Fsp3) is 0.200. The van der Waals surface area contributed by atoms with Crippen molar-refractivity contribution in [3.63, 3.8) is 0 Å². The first kappa shape index (κ1) is 18.5. The molecule has 4 nitrogen and oxygen atoms in total. The van der Waals surface area contributed by atoms with Crippen LogP contribution in [0.15, 0.2) is 59.1 Å². The van der Waals surface area contributed by atoms with E-state index in [2.05, 4.69) is 10.3 Å². The molecule has 26 heavy (non-hydrogen) atoms. The van der Waals surface area contributed by atoms with Gasteiger partial charge in [0.15, 0.2) is 11.7 Å². The van der Waals surface area contributed by atoms with Gasteiger partial charge in [0.05, 0.1) is 22.3 Å². The van der Waals surface area contributed by atoms with Gasteiger partial charge in [0.25, 0.3) is 0 Å². The van der Waals surface area contributed by atoms with E-state index < -0.39 is 0 Å². The number of carbonyl (C=O) groups is 1. The van der Waals surface area contributed by atoms with Gasteiger partial charge in [-0.1, -0.05) is 59.6 Å². The summed E-state index contributed by atoms with van der Waals surface area (Å²) in [5.74, 6) is 1.16. The second kappa shape index (κ2) is 8.39. The average Bonchev–Trinajstić information content (AvgIpc) is 3.12. The maximum Gasteiger partial charge on any atom is 0.220 e. The predicted octanol–water partition coefficient (Wildman–Crippen LogP) is 5.46. The van der Waals surface area contributed by atoms with Crippen molar-refractivity contribution in [3.05, 3.63) is 76.2 Å². The normalized spacial score (nSPS) is 12.0. The fourth-order valence-electron chi connectivity index (χ4n) is 2.56. The highest BCUT2D eigenvalue weighted by Crippen LogP contribution is 2.25. The van der Waals surface area contributed by atoms with Gasteiger partial charge in [-0.15, -0.1) is 0 Å². The third kappa shape index (κ3) is 4.65. The molecule has 2 aromatic carbocycles. The number of aryl methyl sites for hydroxylation is 1. The van der Waals surface area contributed by atoms with E-state index in [1.165, 1.54) is 0 Å². The van der Waals surface area contributed by atoms with Crippen LogP contribution in [0.3, 0.4) is 0 Å². The summed E-state index contributed by atoms with van der Waals surface area (Å²) in [4.78, 5) is 16.4. The number of amides is 1. The molecule has 1 heterocycles. The van der Waals surface area contributed by atoms with E-state index in [4.69, 9.17) is 27.6 Å². The molecule has 1 aromatic heterocycles. The third-order valence-corrected chi connectivity index (χ3v) is 4.74. The van der Waals surface area contributed by atoms with Gasteiger partial charge < -0.3 is 9.73 Å². The van der Waals surface area contributed by atoms with Crippen LogP contribution in [0, 0.1) is 0 Å². The van der Waals surface area contributed by atoms with E-state index in [0.29, 0.717) is 34.5 Å². The number of nitrogens with zero attached hydrogens (tertiary/aromatic N) is 1. The van der Waals surface area contributed by atoms with Gasteiger partial charge in [0, 0.05) is 18.4 Å². The number of aromatic nitrogens is 1. The molecular weight excluding hydrogens is 371 g/mol. The number of nitrogens with one attached hydrogen (secondary N) is 1. The van der Waals surface area contributed by atoms with E-state index in [0.717, 1.165) is 11.1 Å². The average molecular weight is 389 g/mol. The van der Waals surface area contributed by atoms with Crippen molar-refractivity contribution in [2.45, 2.75) is 25.8 Å². The van der Waals surface area contributed by atoms with E-state index in [-0.39, 0.29) is 11.9 Å². The van der Waals surface area contributed by atoms with Crippen LogP contribution in [-0.2, 0) is 11.2 Å². The zero-order valence-corrected chi connectivity index (χ0v) is 15.7. The Kier molecular flexibility index (Phi) is 5.96. The number of hydrogen-bond acceptors (Lipinski definition) is 3. The Morgan fingerprint density at radius 3 is 2.65 bits per heavy atom. The van der Waals surface area contributed by atoms with Gasteiger partial charge in [-0.25, -0.2) is 4.98 Å². The number of hydrogen-bond donors (Lipinski definition) is 1. The molecule has 0 aliphatic carbocycles. The van der Waals surface area contributed by atoms with Gasteiger partial charge in [-0.3, -0.25) is 4.79 Å². The minimum absolute atomic E-state index is 0.0805. The molecule has 3 aromatic rings. The monoisotopic (exact) mass is 388 g/mol. The minimum Gasteiger partial charge on any atom is -0.441 e. The van der Waals surface area contributed by atoms with Crippen LogP contribution in [0.25, 0.3) is 11.3 Å². The minimum atomic E-state index is -0.165. The lowest BCUT2D eigenvalue weighted by molar-refractivity contribution is -0.121. The lowest BCUT2D eigenvalue weighted by Gasteiger charge is -2.14. The molecule has 0 bridgehead atoms. The highest BCUT2D eigenvalue weighted by molar-refractivity contribution is 6.42. The van der Waals surface area contributed by atoms with Crippen LogP contribution in [-0.4, -0.2) is 10.9 Å². The van der Waals surface area contributed by atoms with Crippen molar-refractivity contribution < 1.29 is 9.21 Å². The standard InChI is InChI=1S/C20H18Cl2N2O2/c1-13(15-7-8-16(21)17(22)11-15)24-19(25)9-10-20-23-12-18(26-20)14-5-3-2-4-6-14/h2-8,11-13H,9-10H2,1H3,(H,24,25). The molecule has 1 atom stereocenters. The summed E-state index contributed by atoms with van der Waals surface area (Å²) >= 11 is 11.9. The Balaban J connectivity index is 1.54. The summed E-state index contributed by atoms with van der Waals surface area (Å²) in [7, 11) is 0. The van der Waals surface area contributed by atoms with Crippen molar-refractivity contribution in [1.29, 1.82) is 0 Å². The second-order valence-corrected chi connectivity index (χ2v) is 6.76. The molecular formula is C20H18Cl2N2O2. The number of rotatable bonds is 6. The van der Waals surface area contributed by atoms with Gasteiger partial charge in [0.1, 0.15) is 0 Å². The third-order valence-electron chi connectivity index (χ3n) is 4.00. The molecule has 0 radical (unpaired) electrons. The van der Waals surface area contributed by atoms with Crippen LogP contribution in [0.2, 0.25) is 10.0 Å². The molecule has 0 fully saturated rings. The summed E-state index contributed by atoms with van der Waals surface area (Å²) in [6.07, 6.45) is 2.41. The van der Waals surface area contributed by atoms with Crippen molar-refractivity contribution >= 4 is 29.1 Å². The van der Waals surface area contributed by atoms with Crippen LogP contribution < -0.4 is 5.32 Å². The van der Waals surface area contributed by atoms with Crippen molar-refractivity contribution in [2.24, 2.45) is 0 Å². The molecule has 1 unspecified atom stereocenters. The zero-order chi connectivity index (χ0) is 18.5. The van der Waals surface area contributed by atoms with Crippen LogP contribution in [0.4, 0.5) is 0 Å². The first-order valence-corrected chi connectivity index (χ1v) is 9.03. The summed E-state index contributed by atoms with van der Waals surface area (Å²) in [5.41, 5.74) is 1.86. The molecule has 0 aliphatic rings. The molecule has 0 saturated carbocycles. The Hall–Kier alpha value is -2.30. The molecule has 3 rings (SSSR count). The van der Waals surface area contributed by atoms with E-state index in [1.807, 2.05) is 43.3 Å². The van der Waals surface area contributed by atoms with Gasteiger partial charge in [0.2, 0.25) is 5.91 Å². The Morgan fingerprint density at radius 2 is 1.92 bits per heavy atom.